The van der Waals surface area contributed by atoms with Crippen molar-refractivity contribution in [3.63, 3.8) is 0 Å². The number of nitro benzene ring substituents is 1. The van der Waals surface area contributed by atoms with Crippen molar-refractivity contribution in [2.24, 2.45) is 11.3 Å². The summed E-state index contributed by atoms with van der Waals surface area (Å²) in [4.78, 5) is 22.7. The number of hydrogen-bond acceptors (Lipinski definition) is 3. The minimum atomic E-state index is -0.416. The zero-order valence-electron chi connectivity index (χ0n) is 11.6. The number of ketones is 1. The van der Waals surface area contributed by atoms with Gasteiger partial charge in [0.05, 0.1) is 10.8 Å². The Morgan fingerprint density at radius 2 is 1.95 bits per heavy atom. The van der Waals surface area contributed by atoms with E-state index in [0.717, 1.165) is 18.4 Å². The molecule has 0 spiro atoms. The minimum Gasteiger partial charge on any atom is -0.298 e. The number of rotatable bonds is 2. The summed E-state index contributed by atoms with van der Waals surface area (Å²) in [5, 5.41) is 10.7. The molecule has 3 rings (SSSR count). The van der Waals surface area contributed by atoms with Crippen LogP contribution in [0.1, 0.15) is 38.2 Å². The van der Waals surface area contributed by atoms with Gasteiger partial charge in [-0.1, -0.05) is 30.7 Å². The zero-order valence-corrected chi connectivity index (χ0v) is 11.6. The van der Waals surface area contributed by atoms with Gasteiger partial charge in [-0.25, -0.2) is 0 Å². The summed E-state index contributed by atoms with van der Waals surface area (Å²) in [5.74, 6) is 0.390. The van der Waals surface area contributed by atoms with Crippen molar-refractivity contribution in [3.05, 3.63) is 51.6 Å². The summed E-state index contributed by atoms with van der Waals surface area (Å²) >= 11 is 0. The number of hydrogen-bond donors (Lipinski definition) is 0. The van der Waals surface area contributed by atoms with Gasteiger partial charge < -0.3 is 0 Å². The third-order valence-electron chi connectivity index (χ3n) is 4.91. The average Bonchev–Trinajstić information content (AvgIpc) is 2.43. The van der Waals surface area contributed by atoms with Crippen LogP contribution in [0.3, 0.4) is 0 Å². The summed E-state index contributed by atoms with van der Waals surface area (Å²) < 4.78 is 0. The van der Waals surface area contributed by atoms with Crippen LogP contribution < -0.4 is 0 Å². The van der Waals surface area contributed by atoms with Gasteiger partial charge in [-0.3, -0.25) is 14.9 Å². The van der Waals surface area contributed by atoms with Crippen LogP contribution in [-0.2, 0) is 4.79 Å². The van der Waals surface area contributed by atoms with Crippen molar-refractivity contribution >= 4 is 11.5 Å². The lowest BCUT2D eigenvalue weighted by molar-refractivity contribution is -0.384. The monoisotopic (exact) mass is 271 g/mol. The van der Waals surface area contributed by atoms with Gasteiger partial charge >= 0.3 is 0 Å². The number of nitrogens with zero attached hydrogens (tertiary/aromatic N) is 1. The van der Waals surface area contributed by atoms with Crippen molar-refractivity contribution in [3.8, 4) is 0 Å². The van der Waals surface area contributed by atoms with Gasteiger partial charge in [0, 0.05) is 23.5 Å². The third kappa shape index (κ3) is 1.71. The van der Waals surface area contributed by atoms with Gasteiger partial charge in [-0.2, -0.15) is 0 Å². The van der Waals surface area contributed by atoms with Crippen molar-refractivity contribution in [2.75, 3.05) is 0 Å². The standard InChI is InChI=1S/C16H17NO3/c1-10-7-8-16(2)13(9-10)14(15(16)18)11-3-5-12(6-4-11)17(19)20/h3-6,9,13-14H,7-8H2,1-2H3/t13-,14?,16-/m0/s1. The Balaban J connectivity index is 1.93. The molecule has 2 aliphatic rings. The molecule has 0 aliphatic heterocycles. The molecule has 0 amide bonds. The van der Waals surface area contributed by atoms with Crippen LogP contribution in [0.15, 0.2) is 35.9 Å². The number of allylic oxidation sites excluding steroid dienone is 2. The highest BCUT2D eigenvalue weighted by Gasteiger charge is 2.58. The fourth-order valence-corrected chi connectivity index (χ4v) is 3.53. The van der Waals surface area contributed by atoms with Crippen LogP contribution in [0.4, 0.5) is 5.69 Å². The molecule has 0 bridgehead atoms. The summed E-state index contributed by atoms with van der Waals surface area (Å²) in [6.45, 7) is 4.15. The van der Waals surface area contributed by atoms with E-state index in [1.165, 1.54) is 17.7 Å². The van der Waals surface area contributed by atoms with Crippen LogP contribution in [0.5, 0.6) is 0 Å². The van der Waals surface area contributed by atoms with Crippen molar-refractivity contribution in [2.45, 2.75) is 32.6 Å². The van der Waals surface area contributed by atoms with E-state index in [1.807, 2.05) is 6.92 Å². The highest BCUT2D eigenvalue weighted by Crippen LogP contribution is 2.58. The highest BCUT2D eigenvalue weighted by atomic mass is 16.6. The largest absolute Gasteiger partial charge is 0.298 e. The van der Waals surface area contributed by atoms with Gasteiger partial charge in [0.25, 0.3) is 5.69 Å². The minimum absolute atomic E-state index is 0.0682. The number of Topliss-reactive ketones (excluding diaryl/α,β-unsaturated/α-hetero) is 1. The van der Waals surface area contributed by atoms with Crippen molar-refractivity contribution in [1.82, 2.24) is 0 Å². The Labute approximate surface area is 117 Å². The lowest BCUT2D eigenvalue weighted by Gasteiger charge is -2.53. The van der Waals surface area contributed by atoms with Gasteiger partial charge in [0.1, 0.15) is 5.78 Å². The van der Waals surface area contributed by atoms with E-state index >= 15 is 0 Å². The van der Waals surface area contributed by atoms with Gasteiger partial charge in [0.2, 0.25) is 0 Å². The quantitative estimate of drug-likeness (QED) is 0.469. The number of benzene rings is 1. The fourth-order valence-electron chi connectivity index (χ4n) is 3.53. The summed E-state index contributed by atoms with van der Waals surface area (Å²) in [6.07, 6.45) is 4.13. The Morgan fingerprint density at radius 1 is 1.30 bits per heavy atom. The lowest BCUT2D eigenvalue weighted by Crippen LogP contribution is -2.54. The van der Waals surface area contributed by atoms with E-state index < -0.39 is 4.92 Å². The second-order valence-electron chi connectivity index (χ2n) is 6.15. The molecule has 1 aromatic rings. The zero-order chi connectivity index (χ0) is 14.5. The molecule has 0 heterocycles. The SMILES string of the molecule is CC1=C[C@H]2C(c3ccc([N+](=O)[O-])cc3)C(=O)[C@@]2(C)CC1. The van der Waals surface area contributed by atoms with E-state index in [1.54, 1.807) is 12.1 Å². The smallest absolute Gasteiger partial charge is 0.269 e. The Bertz CT molecular complexity index is 617. The van der Waals surface area contributed by atoms with Crippen molar-refractivity contribution < 1.29 is 9.72 Å². The second kappa shape index (κ2) is 4.27. The van der Waals surface area contributed by atoms with Crippen molar-refractivity contribution in [1.29, 1.82) is 0 Å². The number of carbonyl (C=O) groups excluding carboxylic acids is 1. The topological polar surface area (TPSA) is 60.2 Å². The first kappa shape index (κ1) is 13.0. The molecular formula is C16H17NO3. The second-order valence-corrected chi connectivity index (χ2v) is 6.15. The summed E-state index contributed by atoms with van der Waals surface area (Å²) in [6, 6.07) is 6.41. The average molecular weight is 271 g/mol. The normalized spacial score (nSPS) is 32.1. The Hall–Kier alpha value is -1.97. The molecule has 3 atom stereocenters. The molecule has 20 heavy (non-hydrogen) atoms. The molecular weight excluding hydrogens is 254 g/mol. The Morgan fingerprint density at radius 3 is 2.55 bits per heavy atom. The highest BCUT2D eigenvalue weighted by molar-refractivity contribution is 5.98. The van der Waals surface area contributed by atoms with Crippen LogP contribution in [0, 0.1) is 21.4 Å². The number of non-ortho nitro benzene ring substituents is 1. The number of nitro groups is 1. The fraction of sp³-hybridized carbons (Fsp3) is 0.438. The summed E-state index contributed by atoms with van der Waals surface area (Å²) in [7, 11) is 0. The third-order valence-corrected chi connectivity index (χ3v) is 4.91. The molecule has 0 radical (unpaired) electrons. The van der Waals surface area contributed by atoms with Crippen LogP contribution in [0.25, 0.3) is 0 Å². The number of fused-ring (bicyclic) bond motifs is 1. The molecule has 1 saturated carbocycles. The van der Waals surface area contributed by atoms with E-state index in [2.05, 4.69) is 13.0 Å². The van der Waals surface area contributed by atoms with Crippen LogP contribution >= 0.6 is 0 Å². The maximum Gasteiger partial charge on any atom is 0.269 e. The maximum atomic E-state index is 12.5. The Kier molecular flexibility index (Phi) is 2.78. The molecule has 4 heteroatoms. The lowest BCUT2D eigenvalue weighted by atomic mass is 9.48. The van der Waals surface area contributed by atoms with Crippen LogP contribution in [-0.4, -0.2) is 10.7 Å². The molecule has 0 aromatic heterocycles. The first-order valence-electron chi connectivity index (χ1n) is 6.89. The van der Waals surface area contributed by atoms with E-state index in [9.17, 15) is 14.9 Å². The molecule has 0 saturated heterocycles. The van der Waals surface area contributed by atoms with Gasteiger partial charge in [-0.05, 0) is 25.3 Å². The number of carbonyl (C=O) groups is 1. The van der Waals surface area contributed by atoms with E-state index in [-0.39, 0.29) is 28.7 Å². The molecule has 1 aromatic carbocycles. The van der Waals surface area contributed by atoms with E-state index in [0.29, 0.717) is 0 Å². The first-order chi connectivity index (χ1) is 9.43. The molecule has 1 unspecified atom stereocenters. The molecule has 4 nitrogen and oxygen atoms in total. The predicted octanol–water partition coefficient (Wildman–Crippen LogP) is 3.62. The maximum absolute atomic E-state index is 12.5. The molecule has 0 N–H and O–H groups in total. The molecule has 104 valence electrons. The van der Waals surface area contributed by atoms with Crippen LogP contribution in [0.2, 0.25) is 0 Å². The van der Waals surface area contributed by atoms with Gasteiger partial charge in [0.15, 0.2) is 0 Å². The first-order valence-corrected chi connectivity index (χ1v) is 6.89. The van der Waals surface area contributed by atoms with E-state index in [4.69, 9.17) is 0 Å². The molecule has 2 aliphatic carbocycles. The summed E-state index contributed by atoms with van der Waals surface area (Å²) in [5.41, 5.74) is 2.07. The molecule has 1 fully saturated rings. The van der Waals surface area contributed by atoms with Gasteiger partial charge in [-0.15, -0.1) is 0 Å². The predicted molar refractivity (Wildman–Crippen MR) is 75.4 cm³/mol.